The molecule has 0 bridgehead atoms. The van der Waals surface area contributed by atoms with Crippen LogP contribution in [0.1, 0.15) is 77.4 Å². The standard InChI is InChI=1S/C21H33IN2O7/c1-2-3-4-5-6-7-8-9-10-11-16(25)30-13-15-17(26)18(27)20(31-15)24-12-14(22)19(28)23-21(24)29/h12,15,17-18,20,26-27H,2-11,13H2,1H3,(H,23,28,29)/t15-,17-,18-,20-/m1/s1. The number of carbonyl (C=O) groups is 1. The molecule has 31 heavy (non-hydrogen) atoms. The Hall–Kier alpha value is -1.24. The molecule has 4 atom stereocenters. The third-order valence-corrected chi connectivity index (χ3v) is 6.20. The minimum Gasteiger partial charge on any atom is -0.463 e. The molecule has 0 radical (unpaired) electrons. The van der Waals surface area contributed by atoms with E-state index < -0.39 is 35.8 Å². The van der Waals surface area contributed by atoms with Gasteiger partial charge in [0.2, 0.25) is 0 Å². The number of nitrogens with one attached hydrogen (secondary N) is 1. The van der Waals surface area contributed by atoms with Crippen LogP contribution in [0.4, 0.5) is 0 Å². The molecule has 1 aromatic heterocycles. The third kappa shape index (κ3) is 7.99. The number of unbranched alkanes of at least 4 members (excludes halogenated alkanes) is 8. The Balaban J connectivity index is 1.70. The number of halogens is 1. The van der Waals surface area contributed by atoms with Crippen LogP contribution in [0.3, 0.4) is 0 Å². The molecule has 1 aliphatic heterocycles. The SMILES string of the molecule is CCCCCCCCCCCC(=O)OC[C@H]1O[C@@H](n2cc(I)c(=O)[nH]c2=O)[C@H](O)[C@@H]1O. The molecule has 176 valence electrons. The van der Waals surface area contributed by atoms with Crippen LogP contribution in [0.25, 0.3) is 0 Å². The van der Waals surface area contributed by atoms with Gasteiger partial charge >= 0.3 is 11.7 Å². The van der Waals surface area contributed by atoms with Gasteiger partial charge < -0.3 is 19.7 Å². The van der Waals surface area contributed by atoms with E-state index in [-0.39, 0.29) is 16.1 Å². The summed E-state index contributed by atoms with van der Waals surface area (Å²) in [4.78, 5) is 37.6. The molecular formula is C21H33IN2O7. The maximum absolute atomic E-state index is 12.0. The van der Waals surface area contributed by atoms with Gasteiger partial charge in [0.15, 0.2) is 6.23 Å². The lowest BCUT2D eigenvalue weighted by Gasteiger charge is -2.17. The molecule has 1 fully saturated rings. The summed E-state index contributed by atoms with van der Waals surface area (Å²) in [6.07, 6.45) is 7.01. The normalized spacial score (nSPS) is 23.2. The van der Waals surface area contributed by atoms with Gasteiger partial charge in [0.25, 0.3) is 5.56 Å². The van der Waals surface area contributed by atoms with Gasteiger partial charge in [0.05, 0.1) is 3.57 Å². The van der Waals surface area contributed by atoms with Crippen LogP contribution in [-0.2, 0) is 14.3 Å². The third-order valence-electron chi connectivity index (χ3n) is 5.43. The molecular weight excluding hydrogens is 519 g/mol. The monoisotopic (exact) mass is 552 g/mol. The highest BCUT2D eigenvalue weighted by molar-refractivity contribution is 14.1. The molecule has 3 N–H and O–H groups in total. The zero-order chi connectivity index (χ0) is 22.8. The number of rotatable bonds is 13. The van der Waals surface area contributed by atoms with E-state index in [0.717, 1.165) is 23.8 Å². The number of aromatic nitrogens is 2. The van der Waals surface area contributed by atoms with E-state index in [0.29, 0.717) is 6.42 Å². The fourth-order valence-corrected chi connectivity index (χ4v) is 4.01. The summed E-state index contributed by atoms with van der Waals surface area (Å²) in [5, 5.41) is 20.5. The number of hydrogen-bond donors (Lipinski definition) is 3. The lowest BCUT2D eigenvalue weighted by molar-refractivity contribution is -0.150. The number of carbonyl (C=O) groups excluding carboxylic acids is 1. The molecule has 1 aromatic rings. The topological polar surface area (TPSA) is 131 Å². The van der Waals surface area contributed by atoms with Gasteiger partial charge in [0.1, 0.15) is 24.9 Å². The minimum absolute atomic E-state index is 0.222. The number of aliphatic hydroxyl groups excluding tert-OH is 2. The molecule has 2 heterocycles. The Morgan fingerprint density at radius 2 is 1.71 bits per heavy atom. The average molecular weight is 552 g/mol. The second-order valence-electron chi connectivity index (χ2n) is 7.95. The number of aromatic amines is 1. The predicted molar refractivity (Wildman–Crippen MR) is 123 cm³/mol. The smallest absolute Gasteiger partial charge is 0.330 e. The van der Waals surface area contributed by atoms with Gasteiger partial charge in [-0.15, -0.1) is 0 Å². The Kier molecular flexibility index (Phi) is 11.2. The van der Waals surface area contributed by atoms with Crippen LogP contribution in [-0.4, -0.2) is 50.7 Å². The molecule has 0 amide bonds. The number of esters is 1. The first kappa shape index (κ1) is 26.0. The van der Waals surface area contributed by atoms with Crippen LogP contribution in [0.5, 0.6) is 0 Å². The lowest BCUT2D eigenvalue weighted by Crippen LogP contribution is -2.38. The molecule has 10 heteroatoms. The first-order valence-corrected chi connectivity index (χ1v) is 12.1. The Bertz CT molecular complexity index is 810. The number of H-pyrrole nitrogens is 1. The highest BCUT2D eigenvalue weighted by Gasteiger charge is 2.44. The summed E-state index contributed by atoms with van der Waals surface area (Å²) in [6, 6.07) is 0. The zero-order valence-corrected chi connectivity index (χ0v) is 20.1. The summed E-state index contributed by atoms with van der Waals surface area (Å²) in [6.45, 7) is 1.98. The van der Waals surface area contributed by atoms with Gasteiger partial charge in [-0.25, -0.2) is 4.79 Å². The van der Waals surface area contributed by atoms with Crippen LogP contribution in [0.15, 0.2) is 15.8 Å². The van der Waals surface area contributed by atoms with Crippen molar-refractivity contribution >= 4 is 28.6 Å². The average Bonchev–Trinajstić information content (AvgIpc) is 3.02. The van der Waals surface area contributed by atoms with E-state index in [9.17, 15) is 24.6 Å². The van der Waals surface area contributed by atoms with Gasteiger partial charge in [-0.3, -0.25) is 19.1 Å². The van der Waals surface area contributed by atoms with Crippen molar-refractivity contribution in [1.29, 1.82) is 0 Å². The van der Waals surface area contributed by atoms with Gasteiger partial charge in [-0.05, 0) is 29.0 Å². The van der Waals surface area contributed by atoms with Crippen LogP contribution >= 0.6 is 22.6 Å². The van der Waals surface area contributed by atoms with Gasteiger partial charge in [-0.1, -0.05) is 58.3 Å². The molecule has 0 unspecified atom stereocenters. The largest absolute Gasteiger partial charge is 0.463 e. The number of hydrogen-bond acceptors (Lipinski definition) is 7. The van der Waals surface area contributed by atoms with E-state index in [2.05, 4.69) is 11.9 Å². The first-order chi connectivity index (χ1) is 14.8. The molecule has 0 aliphatic carbocycles. The molecule has 0 spiro atoms. The Labute approximate surface area is 195 Å². The highest BCUT2D eigenvalue weighted by Crippen LogP contribution is 2.28. The Morgan fingerprint density at radius 1 is 1.10 bits per heavy atom. The molecule has 1 saturated heterocycles. The summed E-state index contributed by atoms with van der Waals surface area (Å²) in [7, 11) is 0. The predicted octanol–water partition coefficient (Wildman–Crippen LogP) is 2.22. The lowest BCUT2D eigenvalue weighted by atomic mass is 10.1. The van der Waals surface area contributed by atoms with Crippen molar-refractivity contribution in [3.8, 4) is 0 Å². The zero-order valence-electron chi connectivity index (χ0n) is 17.9. The van der Waals surface area contributed by atoms with Crippen molar-refractivity contribution in [1.82, 2.24) is 9.55 Å². The van der Waals surface area contributed by atoms with E-state index in [1.807, 2.05) is 0 Å². The molecule has 1 aliphatic rings. The fourth-order valence-electron chi connectivity index (χ4n) is 3.57. The van der Waals surface area contributed by atoms with Gasteiger partial charge in [0, 0.05) is 12.6 Å². The highest BCUT2D eigenvalue weighted by atomic mass is 127. The summed E-state index contributed by atoms with van der Waals surface area (Å²) in [5.41, 5.74) is -1.30. The van der Waals surface area contributed by atoms with Crippen LogP contribution < -0.4 is 11.2 Å². The molecule has 0 saturated carbocycles. The van der Waals surface area contributed by atoms with Gasteiger partial charge in [-0.2, -0.15) is 0 Å². The number of nitrogens with zero attached hydrogens (tertiary/aromatic N) is 1. The first-order valence-electron chi connectivity index (χ1n) is 11.0. The van der Waals surface area contributed by atoms with Crippen molar-refractivity contribution in [3.05, 3.63) is 30.6 Å². The fraction of sp³-hybridized carbons (Fsp3) is 0.762. The molecule has 0 aromatic carbocycles. The summed E-state index contributed by atoms with van der Waals surface area (Å²) < 4.78 is 12.0. The van der Waals surface area contributed by atoms with Crippen molar-refractivity contribution in [2.75, 3.05) is 6.61 Å². The van der Waals surface area contributed by atoms with E-state index in [1.54, 1.807) is 22.6 Å². The van der Waals surface area contributed by atoms with E-state index in [1.165, 1.54) is 44.7 Å². The quantitative estimate of drug-likeness (QED) is 0.194. The number of aliphatic hydroxyl groups is 2. The van der Waals surface area contributed by atoms with Crippen molar-refractivity contribution in [2.45, 2.75) is 95.7 Å². The molecule has 2 rings (SSSR count). The van der Waals surface area contributed by atoms with Crippen LogP contribution in [0, 0.1) is 3.57 Å². The number of ether oxygens (including phenoxy) is 2. The Morgan fingerprint density at radius 3 is 2.35 bits per heavy atom. The molecule has 9 nitrogen and oxygen atoms in total. The van der Waals surface area contributed by atoms with E-state index >= 15 is 0 Å². The van der Waals surface area contributed by atoms with Crippen LogP contribution in [0.2, 0.25) is 0 Å². The minimum atomic E-state index is -1.40. The van der Waals surface area contributed by atoms with Crippen molar-refractivity contribution in [2.24, 2.45) is 0 Å². The second-order valence-corrected chi connectivity index (χ2v) is 9.11. The maximum atomic E-state index is 12.0. The van der Waals surface area contributed by atoms with Crippen molar-refractivity contribution in [3.63, 3.8) is 0 Å². The van der Waals surface area contributed by atoms with Crippen molar-refractivity contribution < 1.29 is 24.5 Å². The maximum Gasteiger partial charge on any atom is 0.330 e. The van der Waals surface area contributed by atoms with E-state index in [4.69, 9.17) is 9.47 Å². The summed E-state index contributed by atoms with van der Waals surface area (Å²) >= 11 is 1.75. The summed E-state index contributed by atoms with van der Waals surface area (Å²) in [5.74, 6) is -0.382. The second kappa shape index (κ2) is 13.3.